The molecule has 0 saturated heterocycles. The average molecular weight is 545 g/mol. The van der Waals surface area contributed by atoms with E-state index >= 15 is 0 Å². The first-order valence-electron chi connectivity index (χ1n) is 10.8. The molecule has 2 aromatic carbocycles. The molecule has 0 unspecified atom stereocenters. The minimum atomic E-state index is -1.02. The van der Waals surface area contributed by atoms with Gasteiger partial charge in [-0.15, -0.1) is 0 Å². The highest BCUT2D eigenvalue weighted by Gasteiger charge is 2.24. The van der Waals surface area contributed by atoms with Gasteiger partial charge in [-0.25, -0.2) is 9.78 Å². The molecule has 0 fully saturated rings. The minimum Gasteiger partial charge on any atom is -0.472 e. The van der Waals surface area contributed by atoms with E-state index in [1.54, 1.807) is 25.1 Å². The number of benzene rings is 2. The third-order valence-corrected chi connectivity index (χ3v) is 5.40. The highest BCUT2D eigenvalue weighted by Crippen LogP contribution is 2.29. The molecular formula is C24H25BrN4O6. The Kier molecular flexibility index (Phi) is 7.69. The first kappa shape index (κ1) is 26.0. The van der Waals surface area contributed by atoms with Crippen LogP contribution in [0.15, 0.2) is 50.8 Å². The number of carbonyl (C=O) groups excluding carboxylic acids is 1. The molecule has 0 aliphatic carbocycles. The standard InChI is InChI=1S/C24H25BrN4O6/c1-6-34-22(31)14(2)35-20-10-7-15(11-19(20)29(32)33)13-26-28-21(30)17-12-16(25)8-9-18(17)27-23(28)24(3,4)5/h7-14H,6H2,1-5H3/t14-/m0/s1. The Labute approximate surface area is 209 Å². The zero-order chi connectivity index (χ0) is 25.9. The largest absolute Gasteiger partial charge is 0.472 e. The number of nitro groups is 1. The van der Waals surface area contributed by atoms with Crippen molar-refractivity contribution in [2.75, 3.05) is 6.61 Å². The van der Waals surface area contributed by atoms with Crippen molar-refractivity contribution >= 4 is 44.7 Å². The van der Waals surface area contributed by atoms with Gasteiger partial charge in [-0.3, -0.25) is 14.9 Å². The van der Waals surface area contributed by atoms with Crippen LogP contribution in [-0.4, -0.2) is 39.5 Å². The molecule has 184 valence electrons. The Balaban J connectivity index is 2.05. The van der Waals surface area contributed by atoms with Gasteiger partial charge in [0.1, 0.15) is 5.82 Å². The molecule has 35 heavy (non-hydrogen) atoms. The number of ether oxygens (including phenoxy) is 2. The Morgan fingerprint density at radius 3 is 2.63 bits per heavy atom. The Morgan fingerprint density at radius 2 is 2.00 bits per heavy atom. The molecule has 0 saturated carbocycles. The van der Waals surface area contributed by atoms with Crippen LogP contribution in [0, 0.1) is 10.1 Å². The van der Waals surface area contributed by atoms with Gasteiger partial charge in [0.05, 0.1) is 28.6 Å². The lowest BCUT2D eigenvalue weighted by atomic mass is 9.95. The van der Waals surface area contributed by atoms with Gasteiger partial charge in [-0.05, 0) is 44.2 Å². The van der Waals surface area contributed by atoms with Crippen LogP contribution in [-0.2, 0) is 14.9 Å². The van der Waals surface area contributed by atoms with Crippen LogP contribution in [0.4, 0.5) is 5.69 Å². The normalized spacial score (nSPS) is 12.6. The summed E-state index contributed by atoms with van der Waals surface area (Å²) in [5.41, 5.74) is -0.328. The van der Waals surface area contributed by atoms with E-state index < -0.39 is 22.4 Å². The molecule has 0 bridgehead atoms. The average Bonchev–Trinajstić information content (AvgIpc) is 2.78. The minimum absolute atomic E-state index is 0.0857. The highest BCUT2D eigenvalue weighted by atomic mass is 79.9. The van der Waals surface area contributed by atoms with Crippen LogP contribution in [0.1, 0.15) is 46.0 Å². The van der Waals surface area contributed by atoms with Crippen LogP contribution >= 0.6 is 15.9 Å². The molecule has 0 radical (unpaired) electrons. The molecule has 0 spiro atoms. The molecule has 1 heterocycles. The smallest absolute Gasteiger partial charge is 0.347 e. The second kappa shape index (κ2) is 10.3. The Hall–Kier alpha value is -3.60. The first-order valence-corrected chi connectivity index (χ1v) is 11.6. The summed E-state index contributed by atoms with van der Waals surface area (Å²) >= 11 is 3.37. The second-order valence-corrected chi connectivity index (χ2v) is 9.62. The number of rotatable bonds is 7. The van der Waals surface area contributed by atoms with Gasteiger partial charge in [0.25, 0.3) is 5.56 Å². The molecule has 0 amide bonds. The predicted octanol–water partition coefficient (Wildman–Crippen LogP) is 4.58. The SMILES string of the molecule is CCOC(=O)[C@H](C)Oc1ccc(C=Nn2c(C(C)(C)C)nc3ccc(Br)cc3c2=O)cc1[N+](=O)[O-]. The molecule has 1 atom stereocenters. The summed E-state index contributed by atoms with van der Waals surface area (Å²) in [5, 5.41) is 16.3. The van der Waals surface area contributed by atoms with E-state index in [0.29, 0.717) is 22.3 Å². The fourth-order valence-corrected chi connectivity index (χ4v) is 3.58. The number of halogens is 1. The van der Waals surface area contributed by atoms with Gasteiger partial charge in [0.15, 0.2) is 11.9 Å². The number of aromatic nitrogens is 2. The van der Waals surface area contributed by atoms with Crippen molar-refractivity contribution in [2.45, 2.75) is 46.1 Å². The van der Waals surface area contributed by atoms with Crippen LogP contribution < -0.4 is 10.3 Å². The van der Waals surface area contributed by atoms with E-state index in [1.807, 2.05) is 20.8 Å². The predicted molar refractivity (Wildman–Crippen MR) is 135 cm³/mol. The van der Waals surface area contributed by atoms with Crippen molar-refractivity contribution in [3.05, 3.63) is 72.7 Å². The molecule has 11 heteroatoms. The van der Waals surface area contributed by atoms with Gasteiger partial charge >= 0.3 is 11.7 Å². The van der Waals surface area contributed by atoms with Gasteiger partial charge in [0, 0.05) is 21.5 Å². The number of nitrogens with zero attached hydrogens (tertiary/aromatic N) is 4. The lowest BCUT2D eigenvalue weighted by Crippen LogP contribution is -2.29. The quantitative estimate of drug-likeness (QED) is 0.184. The van der Waals surface area contributed by atoms with Crippen LogP contribution in [0.2, 0.25) is 0 Å². The van der Waals surface area contributed by atoms with E-state index in [-0.39, 0.29) is 23.6 Å². The maximum absolute atomic E-state index is 13.3. The summed E-state index contributed by atoms with van der Waals surface area (Å²) in [6.07, 6.45) is 0.317. The molecule has 3 aromatic rings. The van der Waals surface area contributed by atoms with E-state index in [1.165, 1.54) is 36.0 Å². The third kappa shape index (κ3) is 5.91. The van der Waals surface area contributed by atoms with Gasteiger partial charge in [-0.2, -0.15) is 9.78 Å². The zero-order valence-corrected chi connectivity index (χ0v) is 21.5. The summed E-state index contributed by atoms with van der Waals surface area (Å²) in [5.74, 6) is -0.277. The van der Waals surface area contributed by atoms with E-state index in [2.05, 4.69) is 26.0 Å². The second-order valence-electron chi connectivity index (χ2n) is 8.70. The monoisotopic (exact) mass is 544 g/mol. The van der Waals surface area contributed by atoms with Crippen molar-refractivity contribution < 1.29 is 19.2 Å². The number of carbonyl (C=O) groups is 1. The van der Waals surface area contributed by atoms with E-state index in [4.69, 9.17) is 9.47 Å². The van der Waals surface area contributed by atoms with Gasteiger partial charge in [-0.1, -0.05) is 36.7 Å². The van der Waals surface area contributed by atoms with E-state index in [9.17, 15) is 19.7 Å². The molecule has 0 aliphatic heterocycles. The summed E-state index contributed by atoms with van der Waals surface area (Å²) in [7, 11) is 0. The van der Waals surface area contributed by atoms with Crippen LogP contribution in [0.25, 0.3) is 10.9 Å². The summed E-state index contributed by atoms with van der Waals surface area (Å²) in [6, 6.07) is 9.40. The van der Waals surface area contributed by atoms with Crippen molar-refractivity contribution in [3.63, 3.8) is 0 Å². The number of hydrogen-bond donors (Lipinski definition) is 0. The summed E-state index contributed by atoms with van der Waals surface area (Å²) in [4.78, 5) is 40.7. The fourth-order valence-electron chi connectivity index (χ4n) is 3.22. The lowest BCUT2D eigenvalue weighted by molar-refractivity contribution is -0.386. The molecule has 0 aliphatic rings. The van der Waals surface area contributed by atoms with Crippen LogP contribution in [0.3, 0.4) is 0 Å². The molecule has 0 N–H and O–H groups in total. The number of nitro benzene ring substituents is 1. The molecule has 1 aromatic heterocycles. The fraction of sp³-hybridized carbons (Fsp3) is 0.333. The zero-order valence-electron chi connectivity index (χ0n) is 19.9. The lowest BCUT2D eigenvalue weighted by Gasteiger charge is -2.20. The van der Waals surface area contributed by atoms with Crippen molar-refractivity contribution in [1.29, 1.82) is 0 Å². The summed E-state index contributed by atoms with van der Waals surface area (Å²) < 4.78 is 12.3. The van der Waals surface area contributed by atoms with Gasteiger partial charge < -0.3 is 9.47 Å². The first-order chi connectivity index (χ1) is 16.4. The summed E-state index contributed by atoms with van der Waals surface area (Å²) in [6.45, 7) is 9.00. The molecular weight excluding hydrogens is 520 g/mol. The maximum Gasteiger partial charge on any atom is 0.347 e. The Bertz CT molecular complexity index is 1380. The van der Waals surface area contributed by atoms with Crippen molar-refractivity contribution in [3.8, 4) is 5.75 Å². The van der Waals surface area contributed by atoms with Gasteiger partial charge in [0.2, 0.25) is 0 Å². The topological polar surface area (TPSA) is 126 Å². The maximum atomic E-state index is 13.3. The Morgan fingerprint density at radius 1 is 1.29 bits per heavy atom. The highest BCUT2D eigenvalue weighted by molar-refractivity contribution is 9.10. The van der Waals surface area contributed by atoms with Crippen molar-refractivity contribution in [2.24, 2.45) is 5.10 Å². The molecule has 10 nitrogen and oxygen atoms in total. The molecule has 3 rings (SSSR count). The van der Waals surface area contributed by atoms with E-state index in [0.717, 1.165) is 4.47 Å². The van der Waals surface area contributed by atoms with Crippen LogP contribution in [0.5, 0.6) is 5.75 Å². The van der Waals surface area contributed by atoms with Crippen molar-refractivity contribution in [1.82, 2.24) is 9.66 Å². The third-order valence-electron chi connectivity index (χ3n) is 4.90. The number of hydrogen-bond acceptors (Lipinski definition) is 8. The number of fused-ring (bicyclic) bond motifs is 1. The number of esters is 1.